The average Bonchev–Trinajstić information content (AvgIpc) is 3.49. The molecule has 3 N–H and O–H groups in total. The molecule has 9 nitrogen and oxygen atoms in total. The van der Waals surface area contributed by atoms with Crippen molar-refractivity contribution in [2.45, 2.75) is 19.3 Å². The third-order valence-corrected chi connectivity index (χ3v) is 5.64. The summed E-state index contributed by atoms with van der Waals surface area (Å²) in [5, 5.41) is 7.97. The normalized spacial score (nSPS) is 21.5. The van der Waals surface area contributed by atoms with Crippen LogP contribution >= 0.6 is 0 Å². The summed E-state index contributed by atoms with van der Waals surface area (Å²) in [4.78, 5) is 35.1. The van der Waals surface area contributed by atoms with Crippen LogP contribution in [0.4, 0.5) is 4.79 Å². The van der Waals surface area contributed by atoms with Crippen LogP contribution in [0.25, 0.3) is 5.69 Å². The summed E-state index contributed by atoms with van der Waals surface area (Å²) in [5.74, 6) is 1.47. The highest BCUT2D eigenvalue weighted by molar-refractivity contribution is 5.94. The van der Waals surface area contributed by atoms with Crippen LogP contribution in [0.1, 0.15) is 29.6 Å². The predicted molar refractivity (Wildman–Crippen MR) is 106 cm³/mol. The van der Waals surface area contributed by atoms with Gasteiger partial charge in [-0.25, -0.2) is 9.59 Å². The van der Waals surface area contributed by atoms with Gasteiger partial charge in [-0.1, -0.05) is 12.2 Å². The number of amides is 2. The van der Waals surface area contributed by atoms with E-state index >= 15 is 0 Å². The molecule has 158 valence electrons. The summed E-state index contributed by atoms with van der Waals surface area (Å²) in [5.41, 5.74) is 0.677. The molecule has 0 spiro atoms. The number of H-pyrrole nitrogens is 1. The van der Waals surface area contributed by atoms with E-state index in [1.807, 2.05) is 0 Å². The maximum absolute atomic E-state index is 12.2. The maximum Gasteiger partial charge on any atom is 0.427 e. The van der Waals surface area contributed by atoms with Crippen molar-refractivity contribution in [2.24, 2.45) is 17.8 Å². The van der Waals surface area contributed by atoms with Crippen LogP contribution in [0.2, 0.25) is 0 Å². The smallest absolute Gasteiger partial charge is 0.427 e. The molecule has 4 rings (SSSR count). The lowest BCUT2D eigenvalue weighted by Gasteiger charge is -2.17. The Balaban J connectivity index is 1.11. The minimum absolute atomic E-state index is 0.209. The number of aromatic nitrogens is 2. The molecule has 0 radical (unpaired) electrons. The monoisotopic (exact) mass is 413 g/mol. The minimum Gasteiger partial charge on any atom is -0.449 e. The Kier molecular flexibility index (Phi) is 5.97. The van der Waals surface area contributed by atoms with Gasteiger partial charge in [0.05, 0.1) is 6.61 Å². The number of nitrogens with zero attached hydrogens (tertiary/aromatic N) is 1. The van der Waals surface area contributed by atoms with Crippen molar-refractivity contribution in [1.29, 1.82) is 0 Å². The second kappa shape index (κ2) is 8.98. The molecule has 2 aliphatic carbocycles. The molecule has 2 aliphatic rings. The van der Waals surface area contributed by atoms with Gasteiger partial charge in [-0.3, -0.25) is 9.32 Å². The lowest BCUT2D eigenvalue weighted by atomic mass is 9.95. The first-order chi connectivity index (χ1) is 14.6. The molecule has 3 unspecified atom stereocenters. The number of alkyl carbamates (subject to hydrolysis) is 1. The van der Waals surface area contributed by atoms with Gasteiger partial charge in [-0.15, -0.1) is 0 Å². The number of fused-ring (bicyclic) bond motifs is 2. The molecule has 0 aliphatic heterocycles. The predicted octanol–water partition coefficient (Wildman–Crippen LogP) is 1.30. The van der Waals surface area contributed by atoms with Gasteiger partial charge < -0.3 is 15.4 Å². The molecule has 1 saturated carbocycles. The number of ether oxygens (including phenoxy) is 1. The van der Waals surface area contributed by atoms with Crippen LogP contribution < -0.4 is 20.9 Å². The maximum atomic E-state index is 12.2. The zero-order chi connectivity index (χ0) is 20.9. The van der Waals surface area contributed by atoms with E-state index in [0.717, 1.165) is 6.42 Å². The average molecular weight is 413 g/mol. The summed E-state index contributed by atoms with van der Waals surface area (Å²) in [6.45, 7) is 1.33. The van der Waals surface area contributed by atoms with Gasteiger partial charge in [0, 0.05) is 36.7 Å². The quantitative estimate of drug-likeness (QED) is 0.343. The van der Waals surface area contributed by atoms with E-state index < -0.39 is 11.7 Å². The summed E-state index contributed by atoms with van der Waals surface area (Å²) >= 11 is 0. The van der Waals surface area contributed by atoms with Crippen LogP contribution in [0.3, 0.4) is 0 Å². The number of hydrogen-bond donors (Lipinski definition) is 3. The summed E-state index contributed by atoms with van der Waals surface area (Å²) in [6.07, 6.45) is 8.28. The molecule has 3 atom stereocenters. The molecule has 1 aromatic carbocycles. The van der Waals surface area contributed by atoms with Crippen LogP contribution in [-0.2, 0) is 4.74 Å². The molecule has 1 fully saturated rings. The van der Waals surface area contributed by atoms with Crippen molar-refractivity contribution in [1.82, 2.24) is 15.9 Å². The highest BCUT2D eigenvalue weighted by atomic mass is 16.5. The van der Waals surface area contributed by atoms with Gasteiger partial charge >= 0.3 is 11.7 Å². The largest absolute Gasteiger partial charge is 0.449 e. The lowest BCUT2D eigenvalue weighted by molar-refractivity contribution is -0.670. The first-order valence-electron chi connectivity index (χ1n) is 10.2. The number of rotatable bonds is 8. The standard InChI is InChI=1S/C21H24N4O5/c26-19-12-25(24-30-19)18-6-4-15(5-7-18)20(27)22-8-1-9-23-21(28)29-13-17-11-14-2-3-16(17)10-14/h2-7,12,14,16-17H,1,8-11,13H2,(H2-,22,23,24,26,27,28)/p+1. The fraction of sp³-hybridized carbons (Fsp3) is 0.429. The number of benzene rings is 1. The molecule has 2 bridgehead atoms. The van der Waals surface area contributed by atoms with E-state index in [1.165, 1.54) is 17.3 Å². The number of aromatic amines is 1. The van der Waals surface area contributed by atoms with E-state index in [0.29, 0.717) is 55.1 Å². The molecule has 30 heavy (non-hydrogen) atoms. The number of carbonyl (C=O) groups excluding carboxylic acids is 2. The molecule has 9 heteroatoms. The van der Waals surface area contributed by atoms with Gasteiger partial charge in [-0.2, -0.15) is 0 Å². The van der Waals surface area contributed by atoms with Gasteiger partial charge in [-0.05, 0) is 53.2 Å². The molecular formula is C21H25N4O5+. The Morgan fingerprint density at radius 2 is 1.93 bits per heavy atom. The van der Waals surface area contributed by atoms with Crippen LogP contribution in [0.15, 0.2) is 51.9 Å². The van der Waals surface area contributed by atoms with Crippen molar-refractivity contribution in [3.8, 4) is 5.69 Å². The van der Waals surface area contributed by atoms with Crippen molar-refractivity contribution in [2.75, 3.05) is 19.7 Å². The SMILES string of the molecule is O=C(NCCCNC(=O)c1ccc(-[n+]2cc(=O)o[nH]2)cc1)OCC1CC2C=CC1C2. The first-order valence-corrected chi connectivity index (χ1v) is 10.2. The zero-order valence-electron chi connectivity index (χ0n) is 16.5. The third-order valence-electron chi connectivity index (χ3n) is 5.64. The topological polar surface area (TPSA) is 117 Å². The Labute approximate surface area is 173 Å². The molecule has 2 amide bonds. The highest BCUT2D eigenvalue weighted by Gasteiger charge is 2.36. The van der Waals surface area contributed by atoms with E-state index in [2.05, 4.69) is 32.6 Å². The number of carbonyl (C=O) groups is 2. The van der Waals surface area contributed by atoms with Crippen molar-refractivity contribution >= 4 is 12.0 Å². The van der Waals surface area contributed by atoms with Crippen LogP contribution in [0, 0.1) is 17.8 Å². The second-order valence-corrected chi connectivity index (χ2v) is 7.73. The Bertz CT molecular complexity index is 978. The van der Waals surface area contributed by atoms with Gasteiger partial charge in [0.25, 0.3) is 12.1 Å². The molecule has 2 aromatic rings. The van der Waals surface area contributed by atoms with Gasteiger partial charge in [0.2, 0.25) is 5.69 Å². The van der Waals surface area contributed by atoms with E-state index in [1.54, 1.807) is 24.3 Å². The summed E-state index contributed by atoms with van der Waals surface area (Å²) in [7, 11) is 0. The Morgan fingerprint density at radius 1 is 1.13 bits per heavy atom. The Hall–Kier alpha value is -3.36. The summed E-state index contributed by atoms with van der Waals surface area (Å²) < 4.78 is 11.3. The summed E-state index contributed by atoms with van der Waals surface area (Å²) in [6, 6.07) is 6.71. The zero-order valence-corrected chi connectivity index (χ0v) is 16.5. The van der Waals surface area contributed by atoms with Crippen LogP contribution in [-0.4, -0.2) is 37.0 Å². The van der Waals surface area contributed by atoms with E-state index in [9.17, 15) is 14.4 Å². The fourth-order valence-corrected chi connectivity index (χ4v) is 4.06. The first kappa shape index (κ1) is 19.9. The van der Waals surface area contributed by atoms with Crippen molar-refractivity contribution < 1.29 is 23.5 Å². The Morgan fingerprint density at radius 3 is 2.60 bits per heavy atom. The number of allylic oxidation sites excluding steroid dienone is 2. The van der Waals surface area contributed by atoms with Gasteiger partial charge in [0.15, 0.2) is 0 Å². The highest BCUT2D eigenvalue weighted by Crippen LogP contribution is 2.43. The second-order valence-electron chi connectivity index (χ2n) is 7.73. The number of hydrogen-bond acceptors (Lipinski definition) is 5. The molecule has 0 saturated heterocycles. The van der Waals surface area contributed by atoms with E-state index in [-0.39, 0.29) is 5.91 Å². The van der Waals surface area contributed by atoms with Gasteiger partial charge in [0.1, 0.15) is 0 Å². The number of nitrogens with one attached hydrogen (secondary N) is 3. The van der Waals surface area contributed by atoms with Crippen molar-refractivity contribution in [3.63, 3.8) is 0 Å². The minimum atomic E-state index is -0.489. The molecule has 1 aromatic heterocycles. The van der Waals surface area contributed by atoms with Crippen LogP contribution in [0.5, 0.6) is 0 Å². The molecular weight excluding hydrogens is 388 g/mol. The fourth-order valence-electron chi connectivity index (χ4n) is 4.06. The molecule has 1 heterocycles. The third kappa shape index (κ3) is 4.79. The lowest BCUT2D eigenvalue weighted by Crippen LogP contribution is -2.32. The van der Waals surface area contributed by atoms with E-state index in [4.69, 9.17) is 4.74 Å². The van der Waals surface area contributed by atoms with Crippen molar-refractivity contribution in [3.05, 3.63) is 58.6 Å².